The summed E-state index contributed by atoms with van der Waals surface area (Å²) in [7, 11) is 1.13. The molecule has 0 aliphatic heterocycles. The highest BCUT2D eigenvalue weighted by atomic mass is 19.4. The van der Waals surface area contributed by atoms with E-state index in [1.807, 2.05) is 0 Å². The molecular weight excluding hydrogens is 311 g/mol. The number of carbonyl (C=O) groups is 1. The summed E-state index contributed by atoms with van der Waals surface area (Å²) in [5, 5.41) is 6.02. The summed E-state index contributed by atoms with van der Waals surface area (Å²) in [4.78, 5) is 20.2. The first-order chi connectivity index (χ1) is 10.8. The number of anilines is 1. The smallest absolute Gasteiger partial charge is 0.318 e. The Bertz CT molecular complexity index is 719. The highest BCUT2D eigenvalue weighted by molar-refractivity contribution is 6.02. The van der Waals surface area contributed by atoms with Crippen LogP contribution in [0.3, 0.4) is 0 Å². The fourth-order valence-electron chi connectivity index (χ4n) is 2.14. The Hall–Kier alpha value is -2.45. The minimum atomic E-state index is -4.56. The minimum Gasteiger partial charge on any atom is -0.318 e. The molecule has 0 atom stereocenters. The third-order valence-electron chi connectivity index (χ3n) is 3.53. The number of nitrogens with one attached hydrogen (secondary N) is 1. The van der Waals surface area contributed by atoms with Crippen LogP contribution in [0.5, 0.6) is 0 Å². The van der Waals surface area contributed by atoms with Crippen molar-refractivity contribution in [3.05, 3.63) is 35.7 Å². The number of halogens is 3. The fraction of sp³-hybridized carbons (Fsp3) is 0.429. The van der Waals surface area contributed by atoms with Gasteiger partial charge in [0.1, 0.15) is 11.5 Å². The molecule has 1 aliphatic carbocycles. The van der Waals surface area contributed by atoms with Crippen LogP contribution in [0.1, 0.15) is 34.8 Å². The number of hydrogen-bond acceptors (Lipinski definition) is 4. The first-order valence-corrected chi connectivity index (χ1v) is 7.06. The average molecular weight is 325 g/mol. The molecule has 0 saturated heterocycles. The SMILES string of the molecule is Cn1nc(C(=O)Nc2cnc(CC3CC3)nc2)cc1C(F)(F)F. The van der Waals surface area contributed by atoms with Crippen LogP contribution in [0.15, 0.2) is 18.5 Å². The summed E-state index contributed by atoms with van der Waals surface area (Å²) in [5.74, 6) is 0.599. The lowest BCUT2D eigenvalue weighted by atomic mass is 10.3. The second-order valence-electron chi connectivity index (χ2n) is 5.53. The largest absolute Gasteiger partial charge is 0.433 e. The Balaban J connectivity index is 1.68. The Morgan fingerprint density at radius 2 is 2.00 bits per heavy atom. The van der Waals surface area contributed by atoms with Crippen LogP contribution in [0.2, 0.25) is 0 Å². The third-order valence-corrected chi connectivity index (χ3v) is 3.53. The molecule has 1 fully saturated rings. The van der Waals surface area contributed by atoms with E-state index < -0.39 is 17.8 Å². The van der Waals surface area contributed by atoms with Crippen molar-refractivity contribution in [3.63, 3.8) is 0 Å². The Morgan fingerprint density at radius 3 is 2.52 bits per heavy atom. The van der Waals surface area contributed by atoms with Crippen LogP contribution >= 0.6 is 0 Å². The maximum atomic E-state index is 12.7. The number of carbonyl (C=O) groups excluding carboxylic acids is 1. The molecule has 0 bridgehead atoms. The summed E-state index contributed by atoms with van der Waals surface area (Å²) < 4.78 is 38.7. The summed E-state index contributed by atoms with van der Waals surface area (Å²) in [6, 6.07) is 0.706. The molecular formula is C14H14F3N5O. The summed E-state index contributed by atoms with van der Waals surface area (Å²) in [6.07, 6.45) is 1.50. The maximum Gasteiger partial charge on any atom is 0.433 e. The second-order valence-corrected chi connectivity index (χ2v) is 5.53. The van der Waals surface area contributed by atoms with Gasteiger partial charge in [-0.2, -0.15) is 18.3 Å². The van der Waals surface area contributed by atoms with Crippen molar-refractivity contribution < 1.29 is 18.0 Å². The van der Waals surface area contributed by atoms with Gasteiger partial charge in [0.25, 0.3) is 5.91 Å². The van der Waals surface area contributed by atoms with Gasteiger partial charge in [0.05, 0.1) is 18.1 Å². The van der Waals surface area contributed by atoms with E-state index in [0.29, 0.717) is 28.2 Å². The van der Waals surface area contributed by atoms with Gasteiger partial charge in [-0.15, -0.1) is 0 Å². The monoisotopic (exact) mass is 325 g/mol. The number of amides is 1. The molecule has 122 valence electrons. The van der Waals surface area contributed by atoms with E-state index in [1.54, 1.807) is 0 Å². The van der Waals surface area contributed by atoms with E-state index >= 15 is 0 Å². The van der Waals surface area contributed by atoms with Crippen molar-refractivity contribution in [2.24, 2.45) is 13.0 Å². The minimum absolute atomic E-state index is 0.314. The Labute approximate surface area is 129 Å². The molecule has 2 aromatic heterocycles. The van der Waals surface area contributed by atoms with Crippen molar-refractivity contribution in [3.8, 4) is 0 Å². The molecule has 1 amide bonds. The molecule has 23 heavy (non-hydrogen) atoms. The second kappa shape index (κ2) is 5.64. The number of aromatic nitrogens is 4. The normalized spacial score (nSPS) is 14.8. The molecule has 2 aromatic rings. The van der Waals surface area contributed by atoms with Gasteiger partial charge in [-0.05, 0) is 18.8 Å². The van der Waals surface area contributed by atoms with E-state index in [-0.39, 0.29) is 5.69 Å². The molecule has 0 unspecified atom stereocenters. The zero-order valence-corrected chi connectivity index (χ0v) is 12.3. The summed E-state index contributed by atoms with van der Waals surface area (Å²) in [5.41, 5.74) is -0.991. The highest BCUT2D eigenvalue weighted by Gasteiger charge is 2.35. The number of alkyl halides is 3. The topological polar surface area (TPSA) is 72.7 Å². The molecule has 2 heterocycles. The summed E-state index contributed by atoms with van der Waals surface area (Å²) >= 11 is 0. The lowest BCUT2D eigenvalue weighted by Gasteiger charge is -2.04. The van der Waals surface area contributed by atoms with Gasteiger partial charge in [0, 0.05) is 19.5 Å². The third kappa shape index (κ3) is 3.66. The van der Waals surface area contributed by atoms with Crippen LogP contribution in [0.25, 0.3) is 0 Å². The lowest BCUT2D eigenvalue weighted by Crippen LogP contribution is -2.13. The van der Waals surface area contributed by atoms with E-state index in [0.717, 1.165) is 13.5 Å². The number of nitrogens with zero attached hydrogens (tertiary/aromatic N) is 4. The molecule has 3 rings (SSSR count). The van der Waals surface area contributed by atoms with Crippen LogP contribution in [0.4, 0.5) is 18.9 Å². The van der Waals surface area contributed by atoms with Crippen molar-refractivity contribution in [1.29, 1.82) is 0 Å². The van der Waals surface area contributed by atoms with Gasteiger partial charge in [-0.3, -0.25) is 9.48 Å². The number of rotatable bonds is 4. The van der Waals surface area contributed by atoms with E-state index in [4.69, 9.17) is 0 Å². The van der Waals surface area contributed by atoms with Crippen molar-refractivity contribution in [1.82, 2.24) is 19.7 Å². The van der Waals surface area contributed by atoms with Crippen LogP contribution in [-0.4, -0.2) is 25.7 Å². The first-order valence-electron chi connectivity index (χ1n) is 7.06. The molecule has 1 N–H and O–H groups in total. The van der Waals surface area contributed by atoms with E-state index in [1.165, 1.54) is 25.2 Å². The number of aryl methyl sites for hydroxylation is 1. The predicted octanol–water partition coefficient (Wildman–Crippen LogP) is 2.43. The zero-order chi connectivity index (χ0) is 16.6. The van der Waals surface area contributed by atoms with Crippen molar-refractivity contribution in [2.75, 3.05) is 5.32 Å². The molecule has 9 heteroatoms. The lowest BCUT2D eigenvalue weighted by molar-refractivity contribution is -0.143. The Kier molecular flexibility index (Phi) is 3.78. The van der Waals surface area contributed by atoms with Gasteiger partial charge >= 0.3 is 6.18 Å². The molecule has 0 aromatic carbocycles. The Morgan fingerprint density at radius 1 is 1.35 bits per heavy atom. The molecule has 0 spiro atoms. The molecule has 1 saturated carbocycles. The van der Waals surface area contributed by atoms with Crippen LogP contribution in [0, 0.1) is 5.92 Å². The van der Waals surface area contributed by atoms with Gasteiger partial charge in [0.2, 0.25) is 0 Å². The molecule has 6 nitrogen and oxygen atoms in total. The van der Waals surface area contributed by atoms with Crippen molar-refractivity contribution >= 4 is 11.6 Å². The maximum absolute atomic E-state index is 12.7. The fourth-order valence-corrected chi connectivity index (χ4v) is 2.14. The van der Waals surface area contributed by atoms with Gasteiger partial charge < -0.3 is 5.32 Å². The first kappa shape index (κ1) is 15.4. The quantitative estimate of drug-likeness (QED) is 0.937. The van der Waals surface area contributed by atoms with Crippen molar-refractivity contribution in [2.45, 2.75) is 25.4 Å². The summed E-state index contributed by atoms with van der Waals surface area (Å²) in [6.45, 7) is 0. The van der Waals surface area contributed by atoms with E-state index in [2.05, 4.69) is 20.4 Å². The molecule has 0 radical (unpaired) electrons. The highest BCUT2D eigenvalue weighted by Crippen LogP contribution is 2.31. The van der Waals surface area contributed by atoms with Crippen LogP contribution < -0.4 is 5.32 Å². The standard InChI is InChI=1S/C14H14F3N5O/c1-22-11(14(15,16)17)5-10(21-22)13(23)20-9-6-18-12(19-7-9)4-8-2-3-8/h5-8H,2-4H2,1H3,(H,20,23). The molecule has 1 aliphatic rings. The zero-order valence-electron chi connectivity index (χ0n) is 12.3. The average Bonchev–Trinajstić information content (AvgIpc) is 3.19. The van der Waals surface area contributed by atoms with Gasteiger partial charge in [0.15, 0.2) is 5.69 Å². The van der Waals surface area contributed by atoms with E-state index in [9.17, 15) is 18.0 Å². The predicted molar refractivity (Wildman–Crippen MR) is 74.6 cm³/mol. The van der Waals surface area contributed by atoms with Gasteiger partial charge in [-0.25, -0.2) is 9.97 Å². The van der Waals surface area contributed by atoms with Crippen LogP contribution in [-0.2, 0) is 19.6 Å². The number of hydrogen-bond donors (Lipinski definition) is 1. The van der Waals surface area contributed by atoms with Gasteiger partial charge in [-0.1, -0.05) is 0 Å².